The maximum absolute atomic E-state index is 12.7. The Balaban J connectivity index is 1.69. The van der Waals surface area contributed by atoms with Gasteiger partial charge in [0.1, 0.15) is 5.75 Å². The first-order valence-electron chi connectivity index (χ1n) is 8.75. The van der Waals surface area contributed by atoms with Gasteiger partial charge in [0.05, 0.1) is 18.2 Å². The van der Waals surface area contributed by atoms with Gasteiger partial charge in [-0.25, -0.2) is 0 Å². The maximum atomic E-state index is 12.7. The molecule has 26 heavy (non-hydrogen) atoms. The fraction of sp³-hybridized carbons (Fsp3) is 0.238. The summed E-state index contributed by atoms with van der Waals surface area (Å²) in [6.45, 7) is 0.632. The number of pyridine rings is 1. The molecule has 0 saturated carbocycles. The van der Waals surface area contributed by atoms with Crippen molar-refractivity contribution >= 4 is 16.7 Å². The zero-order valence-corrected chi connectivity index (χ0v) is 14.6. The van der Waals surface area contributed by atoms with Gasteiger partial charge in [-0.05, 0) is 24.3 Å². The molecule has 1 amide bonds. The summed E-state index contributed by atoms with van der Waals surface area (Å²) in [4.78, 5) is 24.2. The summed E-state index contributed by atoms with van der Waals surface area (Å²) in [5.41, 5.74) is 1.33. The molecule has 1 atom stereocenters. The van der Waals surface area contributed by atoms with Crippen LogP contribution in [0.3, 0.4) is 0 Å². The van der Waals surface area contributed by atoms with Crippen LogP contribution in [0.5, 0.6) is 5.75 Å². The molecule has 1 aliphatic heterocycles. The number of benzene rings is 2. The van der Waals surface area contributed by atoms with Gasteiger partial charge in [0.15, 0.2) is 0 Å². The number of rotatable bonds is 2. The van der Waals surface area contributed by atoms with Gasteiger partial charge < -0.3 is 14.6 Å². The van der Waals surface area contributed by atoms with Crippen LogP contribution in [0.2, 0.25) is 0 Å². The van der Waals surface area contributed by atoms with Crippen LogP contribution >= 0.6 is 0 Å². The number of amides is 1. The number of carbonyl (C=O) groups is 1. The van der Waals surface area contributed by atoms with Gasteiger partial charge in [-0.2, -0.15) is 0 Å². The smallest absolute Gasteiger partial charge is 0.253 e. The highest BCUT2D eigenvalue weighted by atomic mass is 16.5. The van der Waals surface area contributed by atoms with Gasteiger partial charge in [-0.15, -0.1) is 0 Å². The largest absolute Gasteiger partial charge is 0.493 e. The number of fused-ring (bicyclic) bond motifs is 3. The minimum absolute atomic E-state index is 0.123. The van der Waals surface area contributed by atoms with Crippen LogP contribution in [0.25, 0.3) is 10.8 Å². The second-order valence-electron chi connectivity index (χ2n) is 6.59. The van der Waals surface area contributed by atoms with Crippen molar-refractivity contribution in [1.29, 1.82) is 0 Å². The Hall–Kier alpha value is -3.08. The molecule has 0 spiro atoms. The summed E-state index contributed by atoms with van der Waals surface area (Å²) in [6.07, 6.45) is 3.23. The van der Waals surface area contributed by atoms with Crippen LogP contribution in [0.1, 0.15) is 34.8 Å². The zero-order chi connectivity index (χ0) is 18.1. The van der Waals surface area contributed by atoms with E-state index in [2.05, 4.69) is 17.4 Å². The highest BCUT2D eigenvalue weighted by Gasteiger charge is 2.23. The molecule has 132 valence electrons. The van der Waals surface area contributed by atoms with E-state index >= 15 is 0 Å². The molecule has 0 aliphatic carbocycles. The third kappa shape index (κ3) is 2.96. The zero-order valence-electron chi connectivity index (χ0n) is 14.6. The van der Waals surface area contributed by atoms with E-state index < -0.39 is 0 Å². The molecule has 1 aromatic heterocycles. The third-order valence-electron chi connectivity index (χ3n) is 4.82. The average molecular weight is 348 g/mol. The quantitative estimate of drug-likeness (QED) is 0.774. The summed E-state index contributed by atoms with van der Waals surface area (Å²) in [5.74, 6) is 0.665. The summed E-state index contributed by atoms with van der Waals surface area (Å²) in [7, 11) is 1.64. The van der Waals surface area contributed by atoms with Gasteiger partial charge in [-0.3, -0.25) is 9.59 Å². The number of ether oxygens (including phenoxy) is 1. The molecule has 0 radical (unpaired) electrons. The van der Waals surface area contributed by atoms with Crippen molar-refractivity contribution in [3.05, 3.63) is 76.2 Å². The highest BCUT2D eigenvalue weighted by Crippen LogP contribution is 2.37. The second kappa shape index (κ2) is 6.67. The number of aryl methyl sites for hydroxylation is 1. The molecule has 2 heterocycles. The molecule has 1 unspecified atom stereocenters. The summed E-state index contributed by atoms with van der Waals surface area (Å²) in [5, 5.41) is 5.29. The minimum Gasteiger partial charge on any atom is -0.493 e. The van der Waals surface area contributed by atoms with Gasteiger partial charge >= 0.3 is 0 Å². The molecule has 3 aromatic rings. The third-order valence-corrected chi connectivity index (χ3v) is 4.82. The molecule has 0 saturated heterocycles. The van der Waals surface area contributed by atoms with Crippen molar-refractivity contribution in [2.24, 2.45) is 7.05 Å². The van der Waals surface area contributed by atoms with Gasteiger partial charge in [0.2, 0.25) is 5.56 Å². The average Bonchev–Trinajstić information content (AvgIpc) is 2.86. The normalized spacial score (nSPS) is 16.4. The van der Waals surface area contributed by atoms with Crippen molar-refractivity contribution in [1.82, 2.24) is 9.88 Å². The molecule has 5 nitrogen and oxygen atoms in total. The number of nitrogens with zero attached hydrogens (tertiary/aromatic N) is 1. The Bertz CT molecular complexity index is 1040. The van der Waals surface area contributed by atoms with Crippen LogP contribution in [0, 0.1) is 0 Å². The maximum Gasteiger partial charge on any atom is 0.253 e. The van der Waals surface area contributed by atoms with E-state index in [4.69, 9.17) is 4.74 Å². The molecule has 1 N–H and O–H groups in total. The number of aromatic nitrogens is 1. The Morgan fingerprint density at radius 1 is 1.15 bits per heavy atom. The molecule has 2 aromatic carbocycles. The number of carbonyl (C=O) groups excluding carboxylic acids is 1. The molecular formula is C21H20N2O3. The van der Waals surface area contributed by atoms with E-state index in [1.54, 1.807) is 19.3 Å². The van der Waals surface area contributed by atoms with E-state index in [-0.39, 0.29) is 17.5 Å². The fourth-order valence-corrected chi connectivity index (χ4v) is 3.43. The summed E-state index contributed by atoms with van der Waals surface area (Å²) >= 11 is 0. The van der Waals surface area contributed by atoms with Crippen LogP contribution in [-0.2, 0) is 7.05 Å². The minimum atomic E-state index is -0.188. The number of hydrogen-bond acceptors (Lipinski definition) is 3. The number of hydrogen-bond donors (Lipinski definition) is 1. The monoisotopic (exact) mass is 348 g/mol. The van der Waals surface area contributed by atoms with Gasteiger partial charge in [0, 0.05) is 30.3 Å². The number of nitrogens with one attached hydrogen (secondary N) is 1. The SMILES string of the molecule is Cn1cc(C(=O)NC2CCCOc3c2ccc2ccccc32)ccc1=O. The van der Waals surface area contributed by atoms with E-state index in [1.807, 2.05) is 24.3 Å². The predicted molar refractivity (Wildman–Crippen MR) is 101 cm³/mol. The molecule has 0 fully saturated rings. The van der Waals surface area contributed by atoms with Crippen molar-refractivity contribution in [2.45, 2.75) is 18.9 Å². The first-order valence-corrected chi connectivity index (χ1v) is 8.75. The predicted octanol–water partition coefficient (Wildman–Crippen LogP) is 3.18. The van der Waals surface area contributed by atoms with Gasteiger partial charge in [-0.1, -0.05) is 36.4 Å². The Morgan fingerprint density at radius 3 is 2.85 bits per heavy atom. The summed E-state index contributed by atoms with van der Waals surface area (Å²) in [6, 6.07) is 15.1. The fourth-order valence-electron chi connectivity index (χ4n) is 3.43. The molecule has 1 aliphatic rings. The molecule has 5 heteroatoms. The van der Waals surface area contributed by atoms with E-state index in [9.17, 15) is 9.59 Å². The lowest BCUT2D eigenvalue weighted by Gasteiger charge is -2.19. The van der Waals surface area contributed by atoms with E-state index in [0.717, 1.165) is 34.9 Å². The van der Waals surface area contributed by atoms with Crippen LogP contribution in [0.15, 0.2) is 59.5 Å². The van der Waals surface area contributed by atoms with Crippen molar-refractivity contribution in [2.75, 3.05) is 6.61 Å². The first kappa shape index (κ1) is 16.4. The summed E-state index contributed by atoms with van der Waals surface area (Å²) < 4.78 is 7.43. The van der Waals surface area contributed by atoms with Crippen LogP contribution < -0.4 is 15.6 Å². The van der Waals surface area contributed by atoms with Crippen molar-refractivity contribution in [3.8, 4) is 5.75 Å². The van der Waals surface area contributed by atoms with E-state index in [0.29, 0.717) is 12.2 Å². The van der Waals surface area contributed by atoms with E-state index in [1.165, 1.54) is 10.6 Å². The van der Waals surface area contributed by atoms with Crippen molar-refractivity contribution in [3.63, 3.8) is 0 Å². The molecular weight excluding hydrogens is 328 g/mol. The lowest BCUT2D eigenvalue weighted by molar-refractivity contribution is 0.0934. The Labute approximate surface area is 151 Å². The second-order valence-corrected chi connectivity index (χ2v) is 6.59. The van der Waals surface area contributed by atoms with Gasteiger partial charge in [0.25, 0.3) is 5.91 Å². The molecule has 0 bridgehead atoms. The lowest BCUT2D eigenvalue weighted by Crippen LogP contribution is -2.29. The lowest BCUT2D eigenvalue weighted by atomic mass is 9.97. The Kier molecular flexibility index (Phi) is 4.21. The van der Waals surface area contributed by atoms with Crippen LogP contribution in [-0.4, -0.2) is 17.1 Å². The highest BCUT2D eigenvalue weighted by molar-refractivity contribution is 5.95. The van der Waals surface area contributed by atoms with Crippen LogP contribution in [0.4, 0.5) is 0 Å². The first-order chi connectivity index (χ1) is 12.6. The Morgan fingerprint density at radius 2 is 2.00 bits per heavy atom. The topological polar surface area (TPSA) is 60.3 Å². The molecule has 4 rings (SSSR count). The van der Waals surface area contributed by atoms with Crippen molar-refractivity contribution < 1.29 is 9.53 Å². The standard InChI is InChI=1S/C21H20N2O3/c1-23-13-15(9-11-19(23)24)21(25)22-18-7-4-12-26-20-16-6-3-2-5-14(16)8-10-17(18)20/h2-3,5-6,8-11,13,18H,4,7,12H2,1H3,(H,22,25).